The summed E-state index contributed by atoms with van der Waals surface area (Å²) in [5.41, 5.74) is 5.50. The second kappa shape index (κ2) is 8.18. The molecule has 0 saturated heterocycles. The molecule has 1 aliphatic heterocycles. The smallest absolute Gasteiger partial charge is 0.271 e. The van der Waals surface area contributed by atoms with Crippen LogP contribution in [0.15, 0.2) is 86.6 Å². The van der Waals surface area contributed by atoms with Gasteiger partial charge in [0.25, 0.3) is 5.56 Å². The second-order valence-corrected chi connectivity index (χ2v) is 10.3. The number of rotatable bonds is 2. The molecule has 2 heterocycles. The van der Waals surface area contributed by atoms with Gasteiger partial charge in [-0.15, -0.1) is 0 Å². The zero-order valence-corrected chi connectivity index (χ0v) is 20.2. The van der Waals surface area contributed by atoms with Gasteiger partial charge in [0.05, 0.1) is 16.3 Å². The molecule has 0 saturated carbocycles. The highest BCUT2D eigenvalue weighted by molar-refractivity contribution is 9.10. The highest BCUT2D eigenvalue weighted by Crippen LogP contribution is 2.41. The van der Waals surface area contributed by atoms with Gasteiger partial charge >= 0.3 is 0 Å². The Kier molecular flexibility index (Phi) is 5.12. The summed E-state index contributed by atoms with van der Waals surface area (Å²) in [6.45, 7) is 0. The van der Waals surface area contributed by atoms with Gasteiger partial charge in [-0.3, -0.25) is 9.36 Å². The number of phenols is 1. The van der Waals surface area contributed by atoms with Crippen LogP contribution in [0.5, 0.6) is 5.75 Å². The largest absolute Gasteiger partial charge is 0.507 e. The van der Waals surface area contributed by atoms with Gasteiger partial charge in [0.2, 0.25) is 0 Å². The number of aryl methyl sites for hydroxylation is 1. The zero-order chi connectivity index (χ0) is 23.4. The summed E-state index contributed by atoms with van der Waals surface area (Å²) in [6.07, 6.45) is 3.33. The van der Waals surface area contributed by atoms with Crippen LogP contribution in [-0.2, 0) is 6.42 Å². The molecule has 0 fully saturated rings. The van der Waals surface area contributed by atoms with E-state index >= 15 is 0 Å². The van der Waals surface area contributed by atoms with Crippen molar-refractivity contribution in [1.82, 2.24) is 4.57 Å². The summed E-state index contributed by atoms with van der Waals surface area (Å²) in [5.74, 6) is -0.221. The molecule has 0 bridgehead atoms. The van der Waals surface area contributed by atoms with Crippen molar-refractivity contribution >= 4 is 39.0 Å². The number of fused-ring (bicyclic) bond motifs is 3. The van der Waals surface area contributed by atoms with E-state index in [0.29, 0.717) is 14.9 Å². The monoisotopic (exact) mass is 532 g/mol. The van der Waals surface area contributed by atoms with Gasteiger partial charge in [-0.05, 0) is 65.9 Å². The van der Waals surface area contributed by atoms with Crippen LogP contribution < -0.4 is 14.9 Å². The summed E-state index contributed by atoms with van der Waals surface area (Å²) in [6, 6.07) is 19.3. The highest BCUT2D eigenvalue weighted by Gasteiger charge is 2.32. The minimum Gasteiger partial charge on any atom is -0.507 e. The maximum absolute atomic E-state index is 13.7. The first-order chi connectivity index (χ1) is 16.5. The van der Waals surface area contributed by atoms with Crippen molar-refractivity contribution in [3.63, 3.8) is 0 Å². The zero-order valence-electron chi connectivity index (χ0n) is 17.8. The summed E-state index contributed by atoms with van der Waals surface area (Å²) >= 11 is 4.72. The Morgan fingerprint density at radius 1 is 1.09 bits per heavy atom. The van der Waals surface area contributed by atoms with Crippen molar-refractivity contribution < 1.29 is 9.50 Å². The molecule has 0 unspecified atom stereocenters. The number of aromatic hydroxyl groups is 1. The van der Waals surface area contributed by atoms with E-state index in [0.717, 1.165) is 39.7 Å². The van der Waals surface area contributed by atoms with Crippen molar-refractivity contribution in [3.8, 4) is 5.75 Å². The van der Waals surface area contributed by atoms with E-state index in [4.69, 9.17) is 4.99 Å². The third-order valence-electron chi connectivity index (χ3n) is 6.33. The van der Waals surface area contributed by atoms with Gasteiger partial charge in [0.15, 0.2) is 4.80 Å². The first-order valence-corrected chi connectivity index (χ1v) is 12.5. The van der Waals surface area contributed by atoms with Crippen LogP contribution >= 0.6 is 27.3 Å². The fourth-order valence-corrected chi connectivity index (χ4v) is 6.12. The quantitative estimate of drug-likeness (QED) is 0.398. The molecular weight excluding hydrogens is 515 g/mol. The van der Waals surface area contributed by atoms with Gasteiger partial charge in [0, 0.05) is 15.6 Å². The molecule has 4 aromatic rings. The molecule has 1 aromatic heterocycles. The number of allylic oxidation sites excluding steroid dienone is 1. The summed E-state index contributed by atoms with van der Waals surface area (Å²) in [4.78, 5) is 19.2. The van der Waals surface area contributed by atoms with Gasteiger partial charge in [-0.1, -0.05) is 63.7 Å². The van der Waals surface area contributed by atoms with E-state index in [9.17, 15) is 14.3 Å². The van der Waals surface area contributed by atoms with Crippen LogP contribution in [0.4, 0.5) is 4.39 Å². The third-order valence-corrected chi connectivity index (χ3v) is 7.81. The average Bonchev–Trinajstić information content (AvgIpc) is 3.15. The molecule has 168 valence electrons. The minimum absolute atomic E-state index is 0.0948. The second-order valence-electron chi connectivity index (χ2n) is 8.37. The van der Waals surface area contributed by atoms with Crippen LogP contribution in [0.25, 0.3) is 11.8 Å². The van der Waals surface area contributed by atoms with Crippen molar-refractivity contribution in [2.24, 2.45) is 4.99 Å². The molecule has 6 rings (SSSR count). The number of hydrogen-bond acceptors (Lipinski definition) is 4. The minimum atomic E-state index is -0.363. The van der Waals surface area contributed by atoms with Gasteiger partial charge in [0.1, 0.15) is 11.6 Å². The number of aromatic nitrogens is 1. The highest BCUT2D eigenvalue weighted by atomic mass is 79.9. The van der Waals surface area contributed by atoms with E-state index in [2.05, 4.69) is 28.1 Å². The predicted octanol–water partition coefficient (Wildman–Crippen LogP) is 4.93. The Labute approximate surface area is 206 Å². The van der Waals surface area contributed by atoms with Gasteiger partial charge in [-0.25, -0.2) is 9.38 Å². The van der Waals surface area contributed by atoms with Crippen LogP contribution in [0, 0.1) is 5.82 Å². The Hall–Kier alpha value is -3.29. The maximum atomic E-state index is 13.7. The van der Waals surface area contributed by atoms with E-state index in [1.165, 1.54) is 29.0 Å². The molecule has 7 heteroatoms. The van der Waals surface area contributed by atoms with Gasteiger partial charge in [-0.2, -0.15) is 0 Å². The number of hydrogen-bond donors (Lipinski definition) is 1. The van der Waals surface area contributed by atoms with E-state index < -0.39 is 0 Å². The average molecular weight is 533 g/mol. The number of halogens is 2. The fraction of sp³-hybridized carbons (Fsp3) is 0.111. The van der Waals surface area contributed by atoms with Crippen LogP contribution in [0.1, 0.15) is 34.7 Å². The number of thiazole rings is 1. The predicted molar refractivity (Wildman–Crippen MR) is 135 cm³/mol. The summed E-state index contributed by atoms with van der Waals surface area (Å²) in [7, 11) is 0. The lowest BCUT2D eigenvalue weighted by atomic mass is 9.83. The molecule has 1 atom stereocenters. The summed E-state index contributed by atoms with van der Waals surface area (Å²) in [5, 5.41) is 10.3. The molecule has 1 aliphatic carbocycles. The summed E-state index contributed by atoms with van der Waals surface area (Å²) < 4.78 is 16.7. The van der Waals surface area contributed by atoms with Crippen molar-refractivity contribution in [2.45, 2.75) is 18.9 Å². The maximum Gasteiger partial charge on any atom is 0.271 e. The molecule has 0 amide bonds. The molecule has 0 spiro atoms. The fourth-order valence-electron chi connectivity index (χ4n) is 4.75. The first-order valence-electron chi connectivity index (χ1n) is 10.9. The molecule has 4 nitrogen and oxygen atoms in total. The number of nitrogens with zero attached hydrogens (tertiary/aromatic N) is 2. The van der Waals surface area contributed by atoms with E-state index in [1.807, 2.05) is 12.1 Å². The van der Waals surface area contributed by atoms with Gasteiger partial charge < -0.3 is 5.11 Å². The molecule has 1 N–H and O–H groups in total. The Morgan fingerprint density at radius 3 is 2.71 bits per heavy atom. The van der Waals surface area contributed by atoms with Crippen molar-refractivity contribution in [2.75, 3.05) is 0 Å². The lowest BCUT2D eigenvalue weighted by molar-refractivity contribution is 0.474. The Balaban J connectivity index is 1.64. The van der Waals surface area contributed by atoms with Crippen LogP contribution in [-0.4, -0.2) is 9.67 Å². The molecular formula is C27H18BrFN2O2S. The van der Waals surface area contributed by atoms with E-state index in [1.54, 1.807) is 41.0 Å². The molecule has 2 aliphatic rings. The van der Waals surface area contributed by atoms with Crippen molar-refractivity contribution in [3.05, 3.63) is 125 Å². The lowest BCUT2D eigenvalue weighted by Crippen LogP contribution is -2.38. The topological polar surface area (TPSA) is 54.6 Å². The Bertz CT molecular complexity index is 1670. The molecule has 34 heavy (non-hydrogen) atoms. The SMILES string of the molecule is O=c1/c(=C\c2cc(Br)ccc2O)sc2n1[C@@H](c1ccc(F)cc1)C1=C(N=2)c2ccccc2CC1. The Morgan fingerprint density at radius 2 is 1.88 bits per heavy atom. The van der Waals surface area contributed by atoms with E-state index in [-0.39, 0.29) is 23.2 Å². The molecule has 3 aromatic carbocycles. The normalized spacial score (nSPS) is 17.1. The van der Waals surface area contributed by atoms with Crippen molar-refractivity contribution in [1.29, 1.82) is 0 Å². The lowest BCUT2D eigenvalue weighted by Gasteiger charge is -2.30. The standard InChI is InChI=1S/C27H18BrFN2O2S/c28-18-8-12-22(32)17(13-18)14-23-26(33)31-25(16-5-9-19(29)10-6-16)21-11-7-15-3-1-2-4-20(15)24(21)30-27(31)34-23/h1-6,8-10,12-14,25,32H,7,11H2/b23-14+/t25-/m0/s1. The first kappa shape index (κ1) is 21.3. The number of benzene rings is 3. The van der Waals surface area contributed by atoms with Crippen LogP contribution in [0.3, 0.4) is 0 Å². The number of phenolic OH excluding ortho intramolecular Hbond substituents is 1. The molecule has 0 radical (unpaired) electrons. The van der Waals surface area contributed by atoms with Crippen LogP contribution in [0.2, 0.25) is 0 Å². The third kappa shape index (κ3) is 3.47.